The van der Waals surface area contributed by atoms with E-state index in [-0.39, 0.29) is 16.6 Å². The molecule has 1 aromatic heterocycles. The smallest absolute Gasteiger partial charge is 0.253 e. The van der Waals surface area contributed by atoms with Crippen LogP contribution in [0.5, 0.6) is 0 Å². The summed E-state index contributed by atoms with van der Waals surface area (Å²) in [6, 6.07) is 3.92. The number of hydrogen-bond donors (Lipinski definition) is 2. The summed E-state index contributed by atoms with van der Waals surface area (Å²) in [6.45, 7) is 1.71. The molecule has 1 heterocycles. The molecule has 0 saturated heterocycles. The summed E-state index contributed by atoms with van der Waals surface area (Å²) >= 11 is 5.66. The lowest BCUT2D eigenvalue weighted by molar-refractivity contribution is 0.629. The van der Waals surface area contributed by atoms with Crippen molar-refractivity contribution in [2.24, 2.45) is 5.73 Å². The van der Waals surface area contributed by atoms with Crippen molar-refractivity contribution < 1.29 is 4.39 Å². The third-order valence-electron chi connectivity index (χ3n) is 2.40. The molecule has 5 heteroatoms. The van der Waals surface area contributed by atoms with Crippen LogP contribution in [0.1, 0.15) is 18.5 Å². The van der Waals surface area contributed by atoms with Crippen LogP contribution in [-0.4, -0.2) is 4.98 Å². The quantitative estimate of drug-likeness (QED) is 0.804. The van der Waals surface area contributed by atoms with Gasteiger partial charge in [-0.3, -0.25) is 4.79 Å². The molecule has 0 radical (unpaired) electrons. The number of aromatic nitrogens is 1. The average molecular weight is 241 g/mol. The fourth-order valence-corrected chi connectivity index (χ4v) is 1.73. The van der Waals surface area contributed by atoms with Gasteiger partial charge in [0.1, 0.15) is 5.82 Å². The molecule has 0 amide bonds. The Labute approximate surface area is 96.0 Å². The van der Waals surface area contributed by atoms with Crippen LogP contribution in [0.4, 0.5) is 4.39 Å². The second kappa shape index (κ2) is 3.88. The van der Waals surface area contributed by atoms with Gasteiger partial charge in [0.25, 0.3) is 5.56 Å². The molecule has 0 aliphatic carbocycles. The van der Waals surface area contributed by atoms with E-state index in [1.54, 1.807) is 13.0 Å². The molecule has 0 aliphatic heterocycles. The van der Waals surface area contributed by atoms with Gasteiger partial charge in [0.15, 0.2) is 0 Å². The zero-order valence-electron chi connectivity index (χ0n) is 8.55. The molecule has 0 spiro atoms. The van der Waals surface area contributed by atoms with Gasteiger partial charge in [0.05, 0.1) is 10.5 Å². The van der Waals surface area contributed by atoms with Gasteiger partial charge in [-0.25, -0.2) is 4.39 Å². The molecule has 3 N–H and O–H groups in total. The van der Waals surface area contributed by atoms with Gasteiger partial charge in [0.2, 0.25) is 0 Å². The molecule has 16 heavy (non-hydrogen) atoms. The van der Waals surface area contributed by atoms with Gasteiger partial charge in [-0.2, -0.15) is 0 Å². The average Bonchev–Trinajstić information content (AvgIpc) is 2.19. The maximum Gasteiger partial charge on any atom is 0.253 e. The first-order valence-electron chi connectivity index (χ1n) is 4.76. The van der Waals surface area contributed by atoms with Gasteiger partial charge in [0, 0.05) is 17.0 Å². The zero-order valence-corrected chi connectivity index (χ0v) is 9.31. The van der Waals surface area contributed by atoms with E-state index in [0.717, 1.165) is 0 Å². The van der Waals surface area contributed by atoms with E-state index >= 15 is 0 Å². The second-order valence-corrected chi connectivity index (χ2v) is 4.10. The van der Waals surface area contributed by atoms with E-state index in [4.69, 9.17) is 17.3 Å². The maximum absolute atomic E-state index is 13.2. The molecule has 84 valence electrons. The minimum atomic E-state index is -0.557. The van der Waals surface area contributed by atoms with Gasteiger partial charge < -0.3 is 10.7 Å². The molecular weight excluding hydrogens is 231 g/mol. The summed E-state index contributed by atoms with van der Waals surface area (Å²) in [6.07, 6.45) is 0. The zero-order chi connectivity index (χ0) is 11.9. The molecule has 3 nitrogen and oxygen atoms in total. The number of fused-ring (bicyclic) bond motifs is 1. The Morgan fingerprint density at radius 1 is 1.44 bits per heavy atom. The Balaban J connectivity index is 2.80. The van der Waals surface area contributed by atoms with E-state index in [2.05, 4.69) is 4.98 Å². The van der Waals surface area contributed by atoms with Crippen LogP contribution in [0.15, 0.2) is 23.0 Å². The van der Waals surface area contributed by atoms with Crippen LogP contribution in [0.25, 0.3) is 10.9 Å². The highest BCUT2D eigenvalue weighted by Gasteiger charge is 2.09. The Kier molecular flexibility index (Phi) is 2.69. The van der Waals surface area contributed by atoms with Crippen LogP contribution >= 0.6 is 11.6 Å². The van der Waals surface area contributed by atoms with Crippen molar-refractivity contribution >= 4 is 22.5 Å². The number of nitrogens with one attached hydrogen (secondary N) is 1. The number of nitrogens with two attached hydrogens (primary N) is 1. The van der Waals surface area contributed by atoms with E-state index < -0.39 is 5.82 Å². The number of aromatic amines is 1. The fraction of sp³-hybridized carbons (Fsp3) is 0.182. The third-order valence-corrected chi connectivity index (χ3v) is 2.69. The van der Waals surface area contributed by atoms with E-state index in [9.17, 15) is 9.18 Å². The second-order valence-electron chi connectivity index (χ2n) is 3.70. The van der Waals surface area contributed by atoms with Crippen molar-refractivity contribution in [1.82, 2.24) is 4.98 Å². The highest BCUT2D eigenvalue weighted by Crippen LogP contribution is 2.22. The minimum Gasteiger partial charge on any atom is -0.324 e. The first-order valence-corrected chi connectivity index (χ1v) is 5.14. The van der Waals surface area contributed by atoms with Crippen LogP contribution < -0.4 is 11.3 Å². The normalized spacial score (nSPS) is 13.0. The topological polar surface area (TPSA) is 58.9 Å². The van der Waals surface area contributed by atoms with Crippen molar-refractivity contribution in [3.8, 4) is 0 Å². The summed E-state index contributed by atoms with van der Waals surface area (Å²) in [7, 11) is 0. The molecule has 1 atom stereocenters. The van der Waals surface area contributed by atoms with Gasteiger partial charge in [-0.05, 0) is 25.1 Å². The number of H-pyrrole nitrogens is 1. The van der Waals surface area contributed by atoms with E-state index in [0.29, 0.717) is 16.5 Å². The molecular formula is C11H10ClFN2O. The standard InChI is InChI=1S/C11H10ClFN2O/c1-5(14)7-2-6-3-8(12)9(13)4-10(6)15-11(7)16/h2-5H,14H2,1H3,(H,15,16)/t5-/m0/s1. The van der Waals surface area contributed by atoms with Crippen LogP contribution in [0.2, 0.25) is 5.02 Å². The number of benzene rings is 1. The first kappa shape index (κ1) is 11.1. The lowest BCUT2D eigenvalue weighted by Gasteiger charge is -2.06. The van der Waals surface area contributed by atoms with Crippen molar-refractivity contribution in [3.05, 3.63) is 45.0 Å². The van der Waals surface area contributed by atoms with Crippen molar-refractivity contribution in [2.75, 3.05) is 0 Å². The van der Waals surface area contributed by atoms with Gasteiger partial charge in [-0.15, -0.1) is 0 Å². The number of hydrogen-bond acceptors (Lipinski definition) is 2. The number of halogens is 2. The first-order chi connectivity index (χ1) is 7.49. The van der Waals surface area contributed by atoms with Crippen molar-refractivity contribution in [2.45, 2.75) is 13.0 Å². The molecule has 2 rings (SSSR count). The van der Waals surface area contributed by atoms with Crippen LogP contribution in [0.3, 0.4) is 0 Å². The summed E-state index contributed by atoms with van der Waals surface area (Å²) in [5.41, 5.74) is 6.21. The number of rotatable bonds is 1. The monoisotopic (exact) mass is 240 g/mol. The minimum absolute atomic E-state index is 0.0233. The fourth-order valence-electron chi connectivity index (χ4n) is 1.56. The highest BCUT2D eigenvalue weighted by atomic mass is 35.5. The maximum atomic E-state index is 13.2. The van der Waals surface area contributed by atoms with Crippen molar-refractivity contribution in [1.29, 1.82) is 0 Å². The molecule has 0 saturated carbocycles. The summed E-state index contributed by atoms with van der Waals surface area (Å²) in [5, 5.41) is 0.688. The summed E-state index contributed by atoms with van der Waals surface area (Å²) in [4.78, 5) is 14.2. The third kappa shape index (κ3) is 1.81. The largest absolute Gasteiger partial charge is 0.324 e. The van der Waals surface area contributed by atoms with Gasteiger partial charge in [-0.1, -0.05) is 11.6 Å². The molecule has 0 fully saturated rings. The lowest BCUT2D eigenvalue weighted by atomic mass is 10.1. The predicted molar refractivity (Wildman–Crippen MR) is 62.1 cm³/mol. The van der Waals surface area contributed by atoms with Crippen LogP contribution in [-0.2, 0) is 0 Å². The Morgan fingerprint density at radius 3 is 2.75 bits per heavy atom. The Morgan fingerprint density at radius 2 is 2.12 bits per heavy atom. The lowest BCUT2D eigenvalue weighted by Crippen LogP contribution is -2.19. The summed E-state index contributed by atoms with van der Waals surface area (Å²) < 4.78 is 13.2. The molecule has 0 unspecified atom stereocenters. The van der Waals surface area contributed by atoms with Gasteiger partial charge >= 0.3 is 0 Å². The number of pyridine rings is 1. The van der Waals surface area contributed by atoms with E-state index in [1.807, 2.05) is 0 Å². The van der Waals surface area contributed by atoms with E-state index in [1.165, 1.54) is 12.1 Å². The molecule has 0 bridgehead atoms. The molecule has 0 aliphatic rings. The van der Waals surface area contributed by atoms with Crippen LogP contribution in [0, 0.1) is 5.82 Å². The molecule has 1 aromatic carbocycles. The summed E-state index contributed by atoms with van der Waals surface area (Å²) in [5.74, 6) is -0.557. The molecule has 2 aromatic rings. The Hall–Kier alpha value is -1.39. The Bertz CT molecular complexity index is 607. The van der Waals surface area contributed by atoms with Crippen molar-refractivity contribution in [3.63, 3.8) is 0 Å². The highest BCUT2D eigenvalue weighted by molar-refractivity contribution is 6.31. The predicted octanol–water partition coefficient (Wildman–Crippen LogP) is 2.34. The SMILES string of the molecule is C[C@H](N)c1cc2cc(Cl)c(F)cc2[nH]c1=O.